The van der Waals surface area contributed by atoms with Crippen LogP contribution >= 0.6 is 0 Å². The standard InChI is InChI=1S/C21H23NO4/c1-14(26-18-8-4-6-15-5-2-3-7-16(15)18)19(23)22-11-9-21(10-12-22)13-17(21)20(24)25/h2-8,14,17H,9-13H2,1H3,(H,24,25). The van der Waals surface area contributed by atoms with Crippen molar-refractivity contribution in [3.05, 3.63) is 42.5 Å². The molecule has 0 bridgehead atoms. The summed E-state index contributed by atoms with van der Waals surface area (Å²) in [7, 11) is 0. The highest BCUT2D eigenvalue weighted by Gasteiger charge is 2.59. The van der Waals surface area contributed by atoms with Gasteiger partial charge in [0, 0.05) is 18.5 Å². The molecular weight excluding hydrogens is 330 g/mol. The fourth-order valence-electron chi connectivity index (χ4n) is 4.22. The Labute approximate surface area is 152 Å². The number of fused-ring (bicyclic) bond motifs is 1. The number of carboxylic acids is 1. The molecule has 1 spiro atoms. The number of rotatable bonds is 4. The van der Waals surface area contributed by atoms with Gasteiger partial charge in [0.25, 0.3) is 5.91 Å². The zero-order valence-corrected chi connectivity index (χ0v) is 14.9. The number of hydrogen-bond acceptors (Lipinski definition) is 3. The summed E-state index contributed by atoms with van der Waals surface area (Å²) in [6.45, 7) is 3.02. The van der Waals surface area contributed by atoms with Crippen LogP contribution in [-0.2, 0) is 9.59 Å². The van der Waals surface area contributed by atoms with Crippen LogP contribution in [0.1, 0.15) is 26.2 Å². The second kappa shape index (κ2) is 6.31. The minimum Gasteiger partial charge on any atom is -0.481 e. The van der Waals surface area contributed by atoms with Gasteiger partial charge in [-0.25, -0.2) is 0 Å². The summed E-state index contributed by atoms with van der Waals surface area (Å²) < 4.78 is 5.98. The van der Waals surface area contributed by atoms with E-state index in [9.17, 15) is 14.7 Å². The third-order valence-electron chi connectivity index (χ3n) is 5.96. The van der Waals surface area contributed by atoms with Crippen LogP contribution in [0.5, 0.6) is 5.75 Å². The minimum atomic E-state index is -0.697. The number of carbonyl (C=O) groups excluding carboxylic acids is 1. The first kappa shape index (κ1) is 16.9. The van der Waals surface area contributed by atoms with Crippen molar-refractivity contribution in [1.29, 1.82) is 0 Å². The zero-order chi connectivity index (χ0) is 18.3. The van der Waals surface area contributed by atoms with E-state index in [4.69, 9.17) is 4.74 Å². The Kier molecular flexibility index (Phi) is 4.10. The fourth-order valence-corrected chi connectivity index (χ4v) is 4.22. The van der Waals surface area contributed by atoms with Crippen LogP contribution in [0.15, 0.2) is 42.5 Å². The van der Waals surface area contributed by atoms with Gasteiger partial charge in [-0.15, -0.1) is 0 Å². The third kappa shape index (κ3) is 2.91. The lowest BCUT2D eigenvalue weighted by molar-refractivity contribution is -0.141. The summed E-state index contributed by atoms with van der Waals surface area (Å²) in [6, 6.07) is 13.8. The molecule has 1 saturated heterocycles. The Morgan fingerprint density at radius 1 is 1.15 bits per heavy atom. The highest BCUT2D eigenvalue weighted by molar-refractivity contribution is 5.89. The molecule has 2 fully saturated rings. The first-order valence-electron chi connectivity index (χ1n) is 9.16. The quantitative estimate of drug-likeness (QED) is 0.916. The predicted molar refractivity (Wildman–Crippen MR) is 98.0 cm³/mol. The summed E-state index contributed by atoms with van der Waals surface area (Å²) in [5.41, 5.74) is -0.0671. The van der Waals surface area contributed by atoms with Gasteiger partial charge in [-0.05, 0) is 43.1 Å². The maximum Gasteiger partial charge on any atom is 0.307 e. The minimum absolute atomic E-state index is 0.0275. The van der Waals surface area contributed by atoms with Gasteiger partial charge < -0.3 is 14.7 Å². The Morgan fingerprint density at radius 3 is 2.54 bits per heavy atom. The van der Waals surface area contributed by atoms with Gasteiger partial charge in [0.1, 0.15) is 5.75 Å². The summed E-state index contributed by atoms with van der Waals surface area (Å²) in [5.74, 6) is -0.229. The number of benzene rings is 2. The van der Waals surface area contributed by atoms with E-state index in [0.717, 1.165) is 30.0 Å². The van der Waals surface area contributed by atoms with E-state index < -0.39 is 12.1 Å². The van der Waals surface area contributed by atoms with Crippen molar-refractivity contribution in [1.82, 2.24) is 4.90 Å². The normalized spacial score (nSPS) is 22.2. The predicted octanol–water partition coefficient (Wildman–Crippen LogP) is 3.32. The van der Waals surface area contributed by atoms with Crippen LogP contribution < -0.4 is 4.74 Å². The molecule has 2 aromatic rings. The number of hydrogen-bond donors (Lipinski definition) is 1. The number of amides is 1. The van der Waals surface area contributed by atoms with Crippen LogP contribution in [0.25, 0.3) is 10.8 Å². The fraction of sp³-hybridized carbons (Fsp3) is 0.429. The number of carbonyl (C=O) groups is 2. The number of nitrogens with zero attached hydrogens (tertiary/aromatic N) is 1. The molecule has 1 heterocycles. The lowest BCUT2D eigenvalue weighted by atomic mass is 9.90. The van der Waals surface area contributed by atoms with Crippen molar-refractivity contribution in [2.45, 2.75) is 32.3 Å². The molecule has 2 aromatic carbocycles. The van der Waals surface area contributed by atoms with E-state index in [1.807, 2.05) is 47.4 Å². The zero-order valence-electron chi connectivity index (χ0n) is 14.9. The SMILES string of the molecule is CC(Oc1cccc2ccccc12)C(=O)N1CCC2(CC1)CC2C(=O)O. The number of aliphatic carboxylic acids is 1. The molecule has 5 heteroatoms. The maximum absolute atomic E-state index is 12.8. The van der Waals surface area contributed by atoms with Crippen molar-refractivity contribution in [2.75, 3.05) is 13.1 Å². The van der Waals surface area contributed by atoms with Gasteiger partial charge in [0.15, 0.2) is 6.10 Å². The molecule has 26 heavy (non-hydrogen) atoms. The Bertz CT molecular complexity index is 849. The molecule has 1 amide bonds. The Balaban J connectivity index is 1.40. The van der Waals surface area contributed by atoms with Crippen molar-refractivity contribution in [2.24, 2.45) is 11.3 Å². The molecule has 2 aliphatic rings. The molecule has 1 saturated carbocycles. The van der Waals surface area contributed by atoms with Gasteiger partial charge in [0.05, 0.1) is 5.92 Å². The topological polar surface area (TPSA) is 66.8 Å². The second-order valence-electron chi connectivity index (χ2n) is 7.52. The molecule has 1 aliphatic carbocycles. The number of piperidine rings is 1. The summed E-state index contributed by atoms with van der Waals surface area (Å²) in [5, 5.41) is 11.3. The van der Waals surface area contributed by atoms with Crippen molar-refractivity contribution in [3.8, 4) is 5.75 Å². The summed E-state index contributed by atoms with van der Waals surface area (Å²) >= 11 is 0. The van der Waals surface area contributed by atoms with Crippen LogP contribution in [0, 0.1) is 11.3 Å². The van der Waals surface area contributed by atoms with E-state index in [1.54, 1.807) is 6.92 Å². The maximum atomic E-state index is 12.8. The van der Waals surface area contributed by atoms with E-state index in [1.165, 1.54) is 0 Å². The van der Waals surface area contributed by atoms with E-state index >= 15 is 0 Å². The van der Waals surface area contributed by atoms with Crippen LogP contribution in [-0.4, -0.2) is 41.1 Å². The van der Waals surface area contributed by atoms with Crippen molar-refractivity contribution < 1.29 is 19.4 Å². The van der Waals surface area contributed by atoms with Gasteiger partial charge in [-0.1, -0.05) is 36.4 Å². The molecule has 0 radical (unpaired) electrons. The summed E-state index contributed by atoms with van der Waals surface area (Å²) in [4.78, 5) is 25.8. The van der Waals surface area contributed by atoms with Crippen molar-refractivity contribution in [3.63, 3.8) is 0 Å². The molecule has 4 rings (SSSR count). The van der Waals surface area contributed by atoms with E-state index in [2.05, 4.69) is 0 Å². The highest BCUT2D eigenvalue weighted by Crippen LogP contribution is 2.59. The van der Waals surface area contributed by atoms with Gasteiger partial charge in [0.2, 0.25) is 0 Å². The first-order valence-corrected chi connectivity index (χ1v) is 9.16. The molecule has 2 unspecified atom stereocenters. The summed E-state index contributed by atoms with van der Waals surface area (Å²) in [6.07, 6.45) is 1.74. The smallest absolute Gasteiger partial charge is 0.307 e. The van der Waals surface area contributed by atoms with E-state index in [-0.39, 0.29) is 17.2 Å². The number of likely N-dealkylation sites (tertiary alicyclic amines) is 1. The lowest BCUT2D eigenvalue weighted by Gasteiger charge is -2.34. The molecular formula is C21H23NO4. The average molecular weight is 353 g/mol. The van der Waals surface area contributed by atoms with Gasteiger partial charge in [-0.3, -0.25) is 9.59 Å². The second-order valence-corrected chi connectivity index (χ2v) is 7.52. The first-order chi connectivity index (χ1) is 12.5. The Morgan fingerprint density at radius 2 is 1.85 bits per heavy atom. The molecule has 0 aromatic heterocycles. The molecule has 5 nitrogen and oxygen atoms in total. The number of ether oxygens (including phenoxy) is 1. The Hall–Kier alpha value is -2.56. The van der Waals surface area contributed by atoms with E-state index in [0.29, 0.717) is 18.8 Å². The molecule has 1 N–H and O–H groups in total. The molecule has 1 aliphatic heterocycles. The largest absolute Gasteiger partial charge is 0.481 e. The molecule has 136 valence electrons. The monoisotopic (exact) mass is 353 g/mol. The number of carboxylic acid groups (broad SMARTS) is 1. The molecule has 2 atom stereocenters. The third-order valence-corrected chi connectivity index (χ3v) is 5.96. The average Bonchev–Trinajstić information content (AvgIpc) is 3.36. The van der Waals surface area contributed by atoms with Gasteiger partial charge >= 0.3 is 5.97 Å². The highest BCUT2D eigenvalue weighted by atomic mass is 16.5. The van der Waals surface area contributed by atoms with Crippen LogP contribution in [0.4, 0.5) is 0 Å². The van der Waals surface area contributed by atoms with Crippen LogP contribution in [0.2, 0.25) is 0 Å². The van der Waals surface area contributed by atoms with Gasteiger partial charge in [-0.2, -0.15) is 0 Å². The lowest BCUT2D eigenvalue weighted by Crippen LogP contribution is -2.45. The van der Waals surface area contributed by atoms with Crippen LogP contribution in [0.3, 0.4) is 0 Å². The van der Waals surface area contributed by atoms with Crippen molar-refractivity contribution >= 4 is 22.6 Å².